The van der Waals surface area contributed by atoms with Crippen molar-refractivity contribution in [1.82, 2.24) is 4.90 Å². The van der Waals surface area contributed by atoms with Crippen LogP contribution in [0, 0.1) is 0 Å². The van der Waals surface area contributed by atoms with Gasteiger partial charge in [0.15, 0.2) is 0 Å². The smallest absolute Gasteiger partial charge is 0.233 e. The molecular weight excluding hydrogens is 288 g/mol. The lowest BCUT2D eigenvalue weighted by atomic mass is 10.3. The van der Waals surface area contributed by atoms with Gasteiger partial charge in [-0.15, -0.1) is 11.6 Å². The summed E-state index contributed by atoms with van der Waals surface area (Å²) in [7, 11) is 0.536. The zero-order valence-corrected chi connectivity index (χ0v) is 12.7. The van der Waals surface area contributed by atoms with E-state index in [2.05, 4.69) is 4.72 Å². The molecule has 0 bridgehead atoms. The lowest BCUT2D eigenvalue weighted by Crippen LogP contribution is -2.19. The fourth-order valence-corrected chi connectivity index (χ4v) is 2.73. The Hall–Kier alpha value is -0.980. The average Bonchev–Trinajstić information content (AvgIpc) is 2.28. The summed E-state index contributed by atoms with van der Waals surface area (Å²) in [5.41, 5.74) is 0.479. The van der Waals surface area contributed by atoms with Gasteiger partial charge in [0.2, 0.25) is 10.0 Å². The van der Waals surface area contributed by atoms with Crippen LogP contribution in [0.25, 0.3) is 0 Å². The predicted octanol–water partition coefficient (Wildman–Crippen LogP) is 1.61. The van der Waals surface area contributed by atoms with E-state index in [1.807, 2.05) is 19.0 Å². The van der Waals surface area contributed by atoms with Gasteiger partial charge in [0, 0.05) is 18.5 Å². The first-order valence-electron chi connectivity index (χ1n) is 5.87. The quantitative estimate of drug-likeness (QED) is 0.741. The molecule has 0 unspecified atom stereocenters. The van der Waals surface area contributed by atoms with Gasteiger partial charge in [0.05, 0.1) is 11.4 Å². The van der Waals surface area contributed by atoms with E-state index in [1.165, 1.54) is 0 Å². The van der Waals surface area contributed by atoms with E-state index < -0.39 is 10.0 Å². The fraction of sp³-hybridized carbons (Fsp3) is 0.500. The molecule has 0 heterocycles. The monoisotopic (exact) mass is 306 g/mol. The Labute approximate surface area is 119 Å². The van der Waals surface area contributed by atoms with Crippen molar-refractivity contribution in [3.63, 3.8) is 0 Å². The molecule has 0 radical (unpaired) electrons. The van der Waals surface area contributed by atoms with Crippen molar-refractivity contribution < 1.29 is 13.2 Å². The number of anilines is 1. The fourth-order valence-electron chi connectivity index (χ4n) is 1.33. The Morgan fingerprint density at radius 1 is 1.37 bits per heavy atom. The number of rotatable bonds is 8. The Kier molecular flexibility index (Phi) is 6.41. The maximum Gasteiger partial charge on any atom is 0.233 e. The van der Waals surface area contributed by atoms with Gasteiger partial charge in [-0.3, -0.25) is 4.72 Å². The van der Waals surface area contributed by atoms with Gasteiger partial charge in [-0.25, -0.2) is 8.42 Å². The maximum atomic E-state index is 11.6. The van der Waals surface area contributed by atoms with Crippen molar-refractivity contribution in [2.45, 2.75) is 0 Å². The summed E-state index contributed by atoms with van der Waals surface area (Å²) in [6, 6.07) is 6.85. The molecule has 1 aromatic carbocycles. The third kappa shape index (κ3) is 6.66. The van der Waals surface area contributed by atoms with Crippen LogP contribution in [-0.2, 0) is 10.0 Å². The number of nitrogens with one attached hydrogen (secondary N) is 1. The van der Waals surface area contributed by atoms with Gasteiger partial charge in [0.25, 0.3) is 0 Å². The molecule has 0 fully saturated rings. The van der Waals surface area contributed by atoms with Crippen LogP contribution in [0.1, 0.15) is 0 Å². The average molecular weight is 307 g/mol. The van der Waals surface area contributed by atoms with Crippen LogP contribution in [0.2, 0.25) is 0 Å². The number of benzene rings is 1. The molecule has 19 heavy (non-hydrogen) atoms. The van der Waals surface area contributed by atoms with Crippen molar-refractivity contribution in [1.29, 1.82) is 0 Å². The Bertz CT molecular complexity index is 492. The normalized spacial score (nSPS) is 11.6. The van der Waals surface area contributed by atoms with E-state index in [4.69, 9.17) is 16.3 Å². The Balaban J connectivity index is 2.62. The topological polar surface area (TPSA) is 58.6 Å². The number of hydrogen-bond donors (Lipinski definition) is 1. The van der Waals surface area contributed by atoms with Crippen LogP contribution < -0.4 is 9.46 Å². The molecule has 1 N–H and O–H groups in total. The van der Waals surface area contributed by atoms with Crippen LogP contribution in [0.4, 0.5) is 5.69 Å². The van der Waals surface area contributed by atoms with Gasteiger partial charge in [-0.1, -0.05) is 6.07 Å². The number of halogens is 1. The lowest BCUT2D eigenvalue weighted by molar-refractivity contribution is 0.261. The van der Waals surface area contributed by atoms with E-state index in [0.29, 0.717) is 18.0 Å². The van der Waals surface area contributed by atoms with E-state index in [-0.39, 0.29) is 11.6 Å². The highest BCUT2D eigenvalue weighted by atomic mass is 35.5. The highest BCUT2D eigenvalue weighted by Crippen LogP contribution is 2.18. The third-order valence-electron chi connectivity index (χ3n) is 2.26. The second-order valence-electron chi connectivity index (χ2n) is 4.29. The predicted molar refractivity (Wildman–Crippen MR) is 78.6 cm³/mol. The molecule has 7 heteroatoms. The molecule has 0 saturated heterocycles. The van der Waals surface area contributed by atoms with Crippen LogP contribution in [0.5, 0.6) is 5.75 Å². The van der Waals surface area contributed by atoms with Crippen molar-refractivity contribution >= 4 is 27.3 Å². The minimum absolute atomic E-state index is 0.0638. The highest BCUT2D eigenvalue weighted by molar-refractivity contribution is 7.92. The van der Waals surface area contributed by atoms with Crippen LogP contribution in [0.3, 0.4) is 0 Å². The van der Waals surface area contributed by atoms with Gasteiger partial charge in [0.1, 0.15) is 12.4 Å². The summed E-state index contributed by atoms with van der Waals surface area (Å²) in [4.78, 5) is 2.01. The van der Waals surface area contributed by atoms with E-state index in [1.54, 1.807) is 24.3 Å². The van der Waals surface area contributed by atoms with Gasteiger partial charge >= 0.3 is 0 Å². The molecule has 1 rings (SSSR count). The summed E-state index contributed by atoms with van der Waals surface area (Å²) in [6.07, 6.45) is 0. The molecule has 0 aliphatic heterocycles. The standard InChI is InChI=1S/C12H19ClN2O3S/c1-15(2)7-8-18-12-5-3-4-11(10-12)14-19(16,17)9-6-13/h3-5,10,14H,6-9H2,1-2H3. The van der Waals surface area contributed by atoms with Crippen molar-refractivity contribution in [2.75, 3.05) is 43.6 Å². The SMILES string of the molecule is CN(C)CCOc1cccc(NS(=O)(=O)CCCl)c1. The molecule has 0 amide bonds. The third-order valence-corrected chi connectivity index (χ3v) is 3.96. The maximum absolute atomic E-state index is 11.6. The molecule has 0 atom stereocenters. The molecule has 0 aliphatic carbocycles. The molecular formula is C12H19ClN2O3S. The Morgan fingerprint density at radius 2 is 2.11 bits per heavy atom. The van der Waals surface area contributed by atoms with Crippen molar-refractivity contribution in [3.8, 4) is 5.75 Å². The number of sulfonamides is 1. The summed E-state index contributed by atoms with van der Waals surface area (Å²) in [5, 5.41) is 0. The minimum atomic E-state index is -3.38. The largest absolute Gasteiger partial charge is 0.492 e. The summed E-state index contributed by atoms with van der Waals surface area (Å²) < 4.78 is 31.1. The molecule has 5 nitrogen and oxygen atoms in total. The molecule has 1 aromatic rings. The highest BCUT2D eigenvalue weighted by Gasteiger charge is 2.09. The number of likely N-dealkylation sites (N-methyl/N-ethyl adjacent to an activating group) is 1. The molecule has 0 spiro atoms. The lowest BCUT2D eigenvalue weighted by Gasteiger charge is -2.12. The zero-order valence-electron chi connectivity index (χ0n) is 11.1. The minimum Gasteiger partial charge on any atom is -0.492 e. The van der Waals surface area contributed by atoms with Crippen molar-refractivity contribution in [2.24, 2.45) is 0 Å². The van der Waals surface area contributed by atoms with Gasteiger partial charge < -0.3 is 9.64 Å². The van der Waals surface area contributed by atoms with Crippen LogP contribution in [0.15, 0.2) is 24.3 Å². The second-order valence-corrected chi connectivity index (χ2v) is 6.51. The summed E-state index contributed by atoms with van der Waals surface area (Å²) >= 11 is 5.43. The summed E-state index contributed by atoms with van der Waals surface area (Å²) in [5.74, 6) is 0.585. The first kappa shape index (κ1) is 16.1. The first-order valence-corrected chi connectivity index (χ1v) is 8.06. The number of hydrogen-bond acceptors (Lipinski definition) is 4. The number of nitrogens with zero attached hydrogens (tertiary/aromatic N) is 1. The second kappa shape index (κ2) is 7.57. The molecule has 0 saturated carbocycles. The van der Waals surface area contributed by atoms with Crippen molar-refractivity contribution in [3.05, 3.63) is 24.3 Å². The van der Waals surface area contributed by atoms with Crippen LogP contribution in [-0.4, -0.2) is 52.2 Å². The molecule has 0 aromatic heterocycles. The Morgan fingerprint density at radius 3 is 2.74 bits per heavy atom. The van der Waals surface area contributed by atoms with Crippen LogP contribution >= 0.6 is 11.6 Å². The van der Waals surface area contributed by atoms with E-state index in [9.17, 15) is 8.42 Å². The summed E-state index contributed by atoms with van der Waals surface area (Å²) in [6.45, 7) is 1.34. The van der Waals surface area contributed by atoms with Gasteiger partial charge in [-0.2, -0.15) is 0 Å². The molecule has 108 valence electrons. The molecule has 0 aliphatic rings. The van der Waals surface area contributed by atoms with Gasteiger partial charge in [-0.05, 0) is 26.2 Å². The van der Waals surface area contributed by atoms with E-state index in [0.717, 1.165) is 6.54 Å². The van der Waals surface area contributed by atoms with E-state index >= 15 is 0 Å². The zero-order chi connectivity index (χ0) is 14.3. The number of ether oxygens (including phenoxy) is 1. The first-order chi connectivity index (χ1) is 8.93. The number of alkyl halides is 1.